The lowest BCUT2D eigenvalue weighted by atomic mass is 9.86. The van der Waals surface area contributed by atoms with Crippen LogP contribution in [0.4, 0.5) is 0 Å². The second-order valence-electron chi connectivity index (χ2n) is 7.31. The van der Waals surface area contributed by atoms with Crippen molar-refractivity contribution >= 4 is 37.7 Å². The Morgan fingerprint density at radius 3 is 2.25 bits per heavy atom. The van der Waals surface area contributed by atoms with E-state index in [-0.39, 0.29) is 5.41 Å². The highest BCUT2D eigenvalue weighted by Gasteiger charge is 2.17. The van der Waals surface area contributed by atoms with Gasteiger partial charge in [0.2, 0.25) is 0 Å². The first-order chi connectivity index (χ1) is 11.4. The van der Waals surface area contributed by atoms with E-state index < -0.39 is 0 Å². The van der Waals surface area contributed by atoms with Gasteiger partial charge in [-0.05, 0) is 47.4 Å². The van der Waals surface area contributed by atoms with Gasteiger partial charge in [0, 0.05) is 20.9 Å². The highest BCUT2D eigenvalue weighted by Crippen LogP contribution is 2.35. The van der Waals surface area contributed by atoms with Gasteiger partial charge in [-0.2, -0.15) is 0 Å². The average molecular weight is 378 g/mol. The summed E-state index contributed by atoms with van der Waals surface area (Å²) in [5, 5.41) is 2.62. The molecule has 1 heterocycles. The van der Waals surface area contributed by atoms with Crippen molar-refractivity contribution in [3.63, 3.8) is 0 Å². The Balaban J connectivity index is 2.12. The molecule has 0 fully saturated rings. The molecule has 3 aromatic carbocycles. The topological polar surface area (TPSA) is 4.93 Å². The second kappa shape index (κ2) is 5.49. The third-order valence-electron chi connectivity index (χ3n) is 4.61. The van der Waals surface area contributed by atoms with E-state index >= 15 is 0 Å². The minimum absolute atomic E-state index is 0.146. The maximum Gasteiger partial charge on any atom is 0.0541 e. The molecular weight excluding hydrogens is 358 g/mol. The van der Waals surface area contributed by atoms with Crippen LogP contribution in [0.15, 0.2) is 71.2 Å². The van der Waals surface area contributed by atoms with Crippen molar-refractivity contribution in [3.8, 4) is 5.69 Å². The minimum atomic E-state index is 0.146. The SMILES string of the molecule is CC(C)(C)c1ccc2c(c1)c1ccccc1n2-c1cccc(Br)c1. The van der Waals surface area contributed by atoms with Gasteiger partial charge in [-0.15, -0.1) is 0 Å². The van der Waals surface area contributed by atoms with Crippen LogP contribution in [-0.4, -0.2) is 4.57 Å². The zero-order valence-electron chi connectivity index (χ0n) is 14.2. The Hall–Kier alpha value is -2.06. The van der Waals surface area contributed by atoms with Gasteiger partial charge < -0.3 is 4.57 Å². The Morgan fingerprint density at radius 2 is 1.50 bits per heavy atom. The van der Waals surface area contributed by atoms with Crippen molar-refractivity contribution in [3.05, 3.63) is 76.8 Å². The lowest BCUT2D eigenvalue weighted by Gasteiger charge is -2.19. The quantitative estimate of drug-likeness (QED) is 0.342. The normalized spacial score (nSPS) is 12.2. The van der Waals surface area contributed by atoms with Crippen molar-refractivity contribution < 1.29 is 0 Å². The molecule has 0 aliphatic carbocycles. The smallest absolute Gasteiger partial charge is 0.0541 e. The number of hydrogen-bond acceptors (Lipinski definition) is 0. The van der Waals surface area contributed by atoms with E-state index in [1.165, 1.54) is 33.1 Å². The van der Waals surface area contributed by atoms with Gasteiger partial charge in [0.15, 0.2) is 0 Å². The number of para-hydroxylation sites is 1. The second-order valence-corrected chi connectivity index (χ2v) is 8.23. The number of nitrogens with zero attached hydrogens (tertiary/aromatic N) is 1. The standard InChI is InChI=1S/C22H20BrN/c1-22(2,3)15-11-12-21-19(13-15)18-9-4-5-10-20(18)24(21)17-8-6-7-16(23)14-17/h4-14H,1-3H3. The summed E-state index contributed by atoms with van der Waals surface area (Å²) in [5.41, 5.74) is 5.19. The molecule has 0 saturated carbocycles. The van der Waals surface area contributed by atoms with E-state index in [0.29, 0.717) is 0 Å². The molecule has 0 spiro atoms. The summed E-state index contributed by atoms with van der Waals surface area (Å²) in [6.07, 6.45) is 0. The van der Waals surface area contributed by atoms with E-state index in [0.717, 1.165) is 4.47 Å². The highest BCUT2D eigenvalue weighted by molar-refractivity contribution is 9.10. The van der Waals surface area contributed by atoms with Crippen LogP contribution in [0, 0.1) is 0 Å². The summed E-state index contributed by atoms with van der Waals surface area (Å²) in [6.45, 7) is 6.80. The Kier molecular flexibility index (Phi) is 3.54. The maximum absolute atomic E-state index is 3.60. The molecule has 120 valence electrons. The predicted molar refractivity (Wildman–Crippen MR) is 107 cm³/mol. The molecule has 24 heavy (non-hydrogen) atoms. The number of benzene rings is 3. The number of rotatable bonds is 1. The van der Waals surface area contributed by atoms with Crippen molar-refractivity contribution in [2.45, 2.75) is 26.2 Å². The first-order valence-corrected chi connectivity index (χ1v) is 9.04. The first kappa shape index (κ1) is 15.5. The van der Waals surface area contributed by atoms with E-state index in [4.69, 9.17) is 0 Å². The third kappa shape index (κ3) is 2.46. The largest absolute Gasteiger partial charge is 0.309 e. The Labute approximate surface area is 151 Å². The average Bonchev–Trinajstić information content (AvgIpc) is 2.88. The molecule has 0 saturated heterocycles. The number of fused-ring (bicyclic) bond motifs is 3. The third-order valence-corrected chi connectivity index (χ3v) is 5.10. The summed E-state index contributed by atoms with van der Waals surface area (Å²) >= 11 is 3.60. The zero-order chi connectivity index (χ0) is 16.9. The molecule has 0 atom stereocenters. The fourth-order valence-corrected chi connectivity index (χ4v) is 3.72. The van der Waals surface area contributed by atoms with Gasteiger partial charge in [0.1, 0.15) is 0 Å². The molecule has 0 bridgehead atoms. The zero-order valence-corrected chi connectivity index (χ0v) is 15.8. The summed E-state index contributed by atoms with van der Waals surface area (Å²) in [4.78, 5) is 0. The van der Waals surface area contributed by atoms with Gasteiger partial charge in [0.25, 0.3) is 0 Å². The van der Waals surface area contributed by atoms with Crippen LogP contribution in [0.25, 0.3) is 27.5 Å². The number of halogens is 1. The van der Waals surface area contributed by atoms with E-state index in [2.05, 4.69) is 108 Å². The lowest BCUT2D eigenvalue weighted by Crippen LogP contribution is -2.10. The van der Waals surface area contributed by atoms with Crippen LogP contribution in [0.1, 0.15) is 26.3 Å². The van der Waals surface area contributed by atoms with Gasteiger partial charge in [0.05, 0.1) is 11.0 Å². The fraction of sp³-hybridized carbons (Fsp3) is 0.182. The van der Waals surface area contributed by atoms with Crippen LogP contribution >= 0.6 is 15.9 Å². The Morgan fingerprint density at radius 1 is 0.750 bits per heavy atom. The number of aromatic nitrogens is 1. The molecule has 1 aromatic heterocycles. The van der Waals surface area contributed by atoms with Crippen LogP contribution in [0.5, 0.6) is 0 Å². The van der Waals surface area contributed by atoms with E-state index in [9.17, 15) is 0 Å². The molecule has 0 N–H and O–H groups in total. The first-order valence-electron chi connectivity index (χ1n) is 8.25. The molecular formula is C22H20BrN. The number of hydrogen-bond donors (Lipinski definition) is 0. The summed E-state index contributed by atoms with van der Waals surface area (Å²) in [7, 11) is 0. The van der Waals surface area contributed by atoms with Gasteiger partial charge in [-0.3, -0.25) is 0 Å². The monoisotopic (exact) mass is 377 g/mol. The molecule has 2 heteroatoms. The molecule has 0 amide bonds. The van der Waals surface area contributed by atoms with Crippen LogP contribution in [-0.2, 0) is 5.41 Å². The van der Waals surface area contributed by atoms with Gasteiger partial charge >= 0.3 is 0 Å². The van der Waals surface area contributed by atoms with Crippen molar-refractivity contribution in [2.24, 2.45) is 0 Å². The summed E-state index contributed by atoms with van der Waals surface area (Å²) < 4.78 is 3.44. The molecule has 4 aromatic rings. The lowest BCUT2D eigenvalue weighted by molar-refractivity contribution is 0.591. The molecule has 0 aliphatic rings. The molecule has 4 rings (SSSR count). The van der Waals surface area contributed by atoms with Crippen LogP contribution in [0.3, 0.4) is 0 Å². The van der Waals surface area contributed by atoms with Gasteiger partial charge in [-0.25, -0.2) is 0 Å². The molecule has 1 nitrogen and oxygen atoms in total. The summed E-state index contributed by atoms with van der Waals surface area (Å²) in [6, 6.07) is 24.0. The predicted octanol–water partition coefficient (Wildman–Crippen LogP) is 6.84. The maximum atomic E-state index is 3.60. The minimum Gasteiger partial charge on any atom is -0.309 e. The van der Waals surface area contributed by atoms with Crippen LogP contribution in [0.2, 0.25) is 0 Å². The van der Waals surface area contributed by atoms with E-state index in [1.54, 1.807) is 0 Å². The van der Waals surface area contributed by atoms with Crippen LogP contribution < -0.4 is 0 Å². The van der Waals surface area contributed by atoms with Crippen molar-refractivity contribution in [1.82, 2.24) is 4.57 Å². The van der Waals surface area contributed by atoms with E-state index in [1.807, 2.05) is 0 Å². The Bertz CT molecular complexity index is 1050. The molecule has 0 unspecified atom stereocenters. The molecule has 0 aliphatic heterocycles. The fourth-order valence-electron chi connectivity index (χ4n) is 3.33. The van der Waals surface area contributed by atoms with Crippen molar-refractivity contribution in [1.29, 1.82) is 0 Å². The van der Waals surface area contributed by atoms with Crippen molar-refractivity contribution in [2.75, 3.05) is 0 Å². The molecule has 0 radical (unpaired) electrons. The van der Waals surface area contributed by atoms with Gasteiger partial charge in [-0.1, -0.05) is 67.0 Å². The highest BCUT2D eigenvalue weighted by atomic mass is 79.9. The summed E-state index contributed by atoms with van der Waals surface area (Å²) in [5.74, 6) is 0.